The van der Waals surface area contributed by atoms with Gasteiger partial charge in [-0.1, -0.05) is 35.9 Å². The molecular formula is C23H19ClN2O6S. The van der Waals surface area contributed by atoms with E-state index in [-0.39, 0.29) is 28.4 Å². The number of sulfonamides is 1. The van der Waals surface area contributed by atoms with Gasteiger partial charge in [-0.2, -0.15) is 0 Å². The molecule has 0 fully saturated rings. The van der Waals surface area contributed by atoms with Gasteiger partial charge in [0, 0.05) is 5.02 Å². The summed E-state index contributed by atoms with van der Waals surface area (Å²) < 4.78 is 38.5. The Hall–Kier alpha value is -3.56. The largest absolute Gasteiger partial charge is 0.476 e. The number of benzene rings is 3. The van der Waals surface area contributed by atoms with Crippen molar-refractivity contribution >= 4 is 44.9 Å². The second kappa shape index (κ2) is 9.13. The monoisotopic (exact) mass is 486 g/mol. The smallest absolute Gasteiger partial charge is 0.339 e. The standard InChI is InChI=1S/C23H19ClN2O6S/c1-31-23(28)17-6-2-3-7-18(17)25-22(27)21-14-26(19-8-4-5-9-20(19)32-21)33(29,30)16-12-10-15(24)11-13-16/h2-13,21H,14H2,1H3,(H,25,27)/t21-/m0/s1. The quantitative estimate of drug-likeness (QED) is 0.551. The van der Waals surface area contributed by atoms with Crippen LogP contribution in [-0.4, -0.2) is 40.1 Å². The predicted molar refractivity (Wildman–Crippen MR) is 123 cm³/mol. The molecule has 0 bridgehead atoms. The number of para-hydroxylation sites is 3. The average Bonchev–Trinajstić information content (AvgIpc) is 2.83. The van der Waals surface area contributed by atoms with Crippen LogP contribution in [-0.2, 0) is 19.6 Å². The lowest BCUT2D eigenvalue weighted by atomic mass is 10.1. The molecule has 1 heterocycles. The van der Waals surface area contributed by atoms with Gasteiger partial charge in [-0.15, -0.1) is 0 Å². The molecule has 1 atom stereocenters. The van der Waals surface area contributed by atoms with Gasteiger partial charge < -0.3 is 14.8 Å². The number of ether oxygens (including phenoxy) is 2. The van der Waals surface area contributed by atoms with Crippen molar-refractivity contribution in [3.8, 4) is 5.75 Å². The lowest BCUT2D eigenvalue weighted by molar-refractivity contribution is -0.122. The van der Waals surface area contributed by atoms with Crippen molar-refractivity contribution in [2.75, 3.05) is 23.3 Å². The molecule has 3 aromatic carbocycles. The third-order valence-electron chi connectivity index (χ3n) is 5.02. The molecule has 4 rings (SSSR count). The molecule has 0 aromatic heterocycles. The van der Waals surface area contributed by atoms with Gasteiger partial charge in [0.25, 0.3) is 15.9 Å². The topological polar surface area (TPSA) is 102 Å². The maximum absolute atomic E-state index is 13.4. The van der Waals surface area contributed by atoms with Crippen molar-refractivity contribution in [2.45, 2.75) is 11.0 Å². The number of amides is 1. The molecule has 33 heavy (non-hydrogen) atoms. The predicted octanol–water partition coefficient (Wildman–Crippen LogP) is 3.72. The minimum atomic E-state index is -4.02. The Bertz CT molecular complexity index is 1310. The van der Waals surface area contributed by atoms with Crippen LogP contribution in [0.25, 0.3) is 0 Å². The highest BCUT2D eigenvalue weighted by molar-refractivity contribution is 7.92. The van der Waals surface area contributed by atoms with Crippen LogP contribution in [0.4, 0.5) is 11.4 Å². The molecule has 1 N–H and O–H groups in total. The fourth-order valence-corrected chi connectivity index (χ4v) is 5.00. The first-order valence-electron chi connectivity index (χ1n) is 9.83. The van der Waals surface area contributed by atoms with E-state index in [9.17, 15) is 18.0 Å². The average molecular weight is 487 g/mol. The number of rotatable bonds is 5. The first-order chi connectivity index (χ1) is 15.8. The SMILES string of the molecule is COC(=O)c1ccccc1NC(=O)[C@@H]1CN(S(=O)(=O)c2ccc(Cl)cc2)c2ccccc2O1. The zero-order chi connectivity index (χ0) is 23.6. The highest BCUT2D eigenvalue weighted by atomic mass is 35.5. The Morgan fingerprint density at radius 3 is 2.42 bits per heavy atom. The molecule has 170 valence electrons. The number of halogens is 1. The van der Waals surface area contributed by atoms with E-state index >= 15 is 0 Å². The van der Waals surface area contributed by atoms with E-state index in [1.807, 2.05) is 0 Å². The maximum atomic E-state index is 13.4. The van der Waals surface area contributed by atoms with Gasteiger partial charge in [-0.3, -0.25) is 9.10 Å². The minimum absolute atomic E-state index is 0.0267. The van der Waals surface area contributed by atoms with E-state index in [4.69, 9.17) is 21.1 Å². The third kappa shape index (κ3) is 4.50. The summed E-state index contributed by atoms with van der Waals surface area (Å²) in [4.78, 5) is 25.1. The van der Waals surface area contributed by atoms with E-state index < -0.39 is 28.0 Å². The lowest BCUT2D eigenvalue weighted by Crippen LogP contribution is -2.48. The second-order valence-corrected chi connectivity index (χ2v) is 9.39. The van der Waals surface area contributed by atoms with E-state index in [0.29, 0.717) is 10.7 Å². The van der Waals surface area contributed by atoms with Crippen molar-refractivity contribution in [3.05, 3.63) is 83.4 Å². The number of hydrogen-bond acceptors (Lipinski definition) is 6. The summed E-state index contributed by atoms with van der Waals surface area (Å²) >= 11 is 5.90. The lowest BCUT2D eigenvalue weighted by Gasteiger charge is -2.34. The molecule has 0 radical (unpaired) electrons. The van der Waals surface area contributed by atoms with Crippen molar-refractivity contribution in [2.24, 2.45) is 0 Å². The minimum Gasteiger partial charge on any atom is -0.476 e. The summed E-state index contributed by atoms with van der Waals surface area (Å²) in [6, 6.07) is 18.6. The molecule has 10 heteroatoms. The normalized spacial score (nSPS) is 15.2. The van der Waals surface area contributed by atoms with Crippen LogP contribution in [0.1, 0.15) is 10.4 Å². The maximum Gasteiger partial charge on any atom is 0.339 e. The Labute approximate surface area is 195 Å². The van der Waals surface area contributed by atoms with Gasteiger partial charge in [0.05, 0.1) is 35.5 Å². The van der Waals surface area contributed by atoms with Crippen LogP contribution in [0.15, 0.2) is 77.7 Å². The van der Waals surface area contributed by atoms with Crippen molar-refractivity contribution < 1.29 is 27.5 Å². The van der Waals surface area contributed by atoms with E-state index in [1.165, 1.54) is 37.4 Å². The highest BCUT2D eigenvalue weighted by Crippen LogP contribution is 2.37. The number of carbonyl (C=O) groups excluding carboxylic acids is 2. The van der Waals surface area contributed by atoms with Crippen LogP contribution in [0, 0.1) is 0 Å². The first-order valence-corrected chi connectivity index (χ1v) is 11.7. The Kier molecular flexibility index (Phi) is 6.26. The van der Waals surface area contributed by atoms with Gasteiger partial charge in [-0.05, 0) is 48.5 Å². The molecule has 0 unspecified atom stereocenters. The van der Waals surface area contributed by atoms with Gasteiger partial charge in [0.15, 0.2) is 6.10 Å². The summed E-state index contributed by atoms with van der Waals surface area (Å²) in [6.45, 7) is -0.270. The van der Waals surface area contributed by atoms with E-state index in [0.717, 1.165) is 4.31 Å². The van der Waals surface area contributed by atoms with Crippen LogP contribution in [0.5, 0.6) is 5.75 Å². The summed E-state index contributed by atoms with van der Waals surface area (Å²) in [5, 5.41) is 3.04. The fourth-order valence-electron chi connectivity index (χ4n) is 3.39. The molecule has 0 spiro atoms. The number of nitrogens with one attached hydrogen (secondary N) is 1. The second-order valence-electron chi connectivity index (χ2n) is 7.09. The number of fused-ring (bicyclic) bond motifs is 1. The molecule has 0 saturated carbocycles. The Morgan fingerprint density at radius 2 is 1.70 bits per heavy atom. The van der Waals surface area contributed by atoms with Crippen LogP contribution in [0.2, 0.25) is 5.02 Å². The third-order valence-corrected chi connectivity index (χ3v) is 7.07. The first kappa shape index (κ1) is 22.6. The summed E-state index contributed by atoms with van der Waals surface area (Å²) in [5.74, 6) is -0.993. The molecule has 0 aliphatic carbocycles. The zero-order valence-corrected chi connectivity index (χ0v) is 19.0. The number of esters is 1. The number of carbonyl (C=O) groups is 2. The van der Waals surface area contributed by atoms with Crippen LogP contribution >= 0.6 is 11.6 Å². The molecule has 8 nitrogen and oxygen atoms in total. The number of hydrogen-bond donors (Lipinski definition) is 1. The summed E-state index contributed by atoms with van der Waals surface area (Å²) in [5.41, 5.74) is 0.700. The van der Waals surface area contributed by atoms with E-state index in [2.05, 4.69) is 5.32 Å². The highest BCUT2D eigenvalue weighted by Gasteiger charge is 2.37. The molecule has 0 saturated heterocycles. The Balaban J connectivity index is 1.66. The Morgan fingerprint density at radius 1 is 1.03 bits per heavy atom. The van der Waals surface area contributed by atoms with Gasteiger partial charge in [0.2, 0.25) is 0 Å². The zero-order valence-electron chi connectivity index (χ0n) is 17.4. The van der Waals surface area contributed by atoms with Crippen molar-refractivity contribution in [1.29, 1.82) is 0 Å². The molecular weight excluding hydrogens is 468 g/mol. The fraction of sp³-hybridized carbons (Fsp3) is 0.130. The molecule has 1 aliphatic heterocycles. The van der Waals surface area contributed by atoms with E-state index in [1.54, 1.807) is 42.5 Å². The van der Waals surface area contributed by atoms with Gasteiger partial charge in [-0.25, -0.2) is 13.2 Å². The molecule has 1 aliphatic rings. The van der Waals surface area contributed by atoms with Crippen LogP contribution in [0.3, 0.4) is 0 Å². The van der Waals surface area contributed by atoms with Gasteiger partial charge >= 0.3 is 5.97 Å². The van der Waals surface area contributed by atoms with Crippen LogP contribution < -0.4 is 14.4 Å². The molecule has 1 amide bonds. The summed E-state index contributed by atoms with van der Waals surface area (Å²) in [7, 11) is -2.78. The summed E-state index contributed by atoms with van der Waals surface area (Å²) in [6.07, 6.45) is -1.17. The number of methoxy groups -OCH3 is 1. The van der Waals surface area contributed by atoms with Crippen molar-refractivity contribution in [3.63, 3.8) is 0 Å². The molecule has 3 aromatic rings. The number of nitrogens with zero attached hydrogens (tertiary/aromatic N) is 1. The number of anilines is 2. The van der Waals surface area contributed by atoms with Gasteiger partial charge in [0.1, 0.15) is 5.75 Å². The van der Waals surface area contributed by atoms with Crippen molar-refractivity contribution in [1.82, 2.24) is 0 Å².